The predicted octanol–water partition coefficient (Wildman–Crippen LogP) is 3.31. The summed E-state index contributed by atoms with van der Waals surface area (Å²) in [5, 5.41) is 3.10. The highest BCUT2D eigenvalue weighted by Crippen LogP contribution is 2.34. The number of ether oxygens (including phenoxy) is 2. The molecule has 0 bridgehead atoms. The molecule has 2 aliphatic heterocycles. The summed E-state index contributed by atoms with van der Waals surface area (Å²) in [7, 11) is 0. The molecule has 2 aliphatic rings. The molecule has 0 spiro atoms. The molecular formula is C22H27N3O3. The van der Waals surface area contributed by atoms with Crippen LogP contribution in [0.2, 0.25) is 0 Å². The number of hydrogen-bond acceptors (Lipinski definition) is 4. The largest absolute Gasteiger partial charge is 0.454 e. The Balaban J connectivity index is 1.28. The van der Waals surface area contributed by atoms with E-state index in [0.717, 1.165) is 49.8 Å². The zero-order valence-corrected chi connectivity index (χ0v) is 16.5. The van der Waals surface area contributed by atoms with Gasteiger partial charge in [0.2, 0.25) is 6.79 Å². The van der Waals surface area contributed by atoms with E-state index < -0.39 is 0 Å². The second-order valence-corrected chi connectivity index (χ2v) is 7.54. The lowest BCUT2D eigenvalue weighted by molar-refractivity contribution is 0.133. The van der Waals surface area contributed by atoms with Crippen LogP contribution in [0.25, 0.3) is 0 Å². The maximum atomic E-state index is 12.7. The average Bonchev–Trinajstić information content (AvgIpc) is 3.16. The van der Waals surface area contributed by atoms with Crippen LogP contribution in [0.3, 0.4) is 0 Å². The minimum Gasteiger partial charge on any atom is -0.454 e. The normalized spacial score (nSPS) is 17.4. The summed E-state index contributed by atoms with van der Waals surface area (Å²) in [4.78, 5) is 17.0. The fraction of sp³-hybridized carbons (Fsp3) is 0.409. The number of urea groups is 1. The molecule has 2 heterocycles. The second-order valence-electron chi connectivity index (χ2n) is 7.54. The first-order valence-electron chi connectivity index (χ1n) is 9.81. The molecule has 1 N–H and O–H groups in total. The van der Waals surface area contributed by atoms with Crippen molar-refractivity contribution in [3.63, 3.8) is 0 Å². The molecular weight excluding hydrogens is 354 g/mol. The molecule has 0 aliphatic carbocycles. The van der Waals surface area contributed by atoms with E-state index in [2.05, 4.69) is 41.4 Å². The highest BCUT2D eigenvalue weighted by molar-refractivity contribution is 5.75. The first-order valence-corrected chi connectivity index (χ1v) is 9.81. The third kappa shape index (κ3) is 4.22. The molecule has 1 atom stereocenters. The van der Waals surface area contributed by atoms with E-state index in [0.29, 0.717) is 0 Å². The molecule has 6 heteroatoms. The van der Waals surface area contributed by atoms with Crippen LogP contribution >= 0.6 is 0 Å². The maximum absolute atomic E-state index is 12.7. The van der Waals surface area contributed by atoms with Gasteiger partial charge in [-0.05, 0) is 37.1 Å². The van der Waals surface area contributed by atoms with Crippen molar-refractivity contribution in [3.8, 4) is 11.5 Å². The van der Waals surface area contributed by atoms with Gasteiger partial charge < -0.3 is 19.7 Å². The van der Waals surface area contributed by atoms with Crippen molar-refractivity contribution in [3.05, 3.63) is 59.2 Å². The Kier molecular flexibility index (Phi) is 5.39. The van der Waals surface area contributed by atoms with Crippen molar-refractivity contribution in [1.82, 2.24) is 15.1 Å². The van der Waals surface area contributed by atoms with Crippen molar-refractivity contribution in [1.29, 1.82) is 0 Å². The van der Waals surface area contributed by atoms with E-state index in [9.17, 15) is 4.79 Å². The molecule has 1 unspecified atom stereocenters. The number of nitrogens with zero attached hydrogens (tertiary/aromatic N) is 2. The second kappa shape index (κ2) is 8.10. The lowest BCUT2D eigenvalue weighted by Gasteiger charge is -2.35. The Hall–Kier alpha value is -2.73. The van der Waals surface area contributed by atoms with Crippen LogP contribution in [-0.4, -0.2) is 48.8 Å². The number of fused-ring (bicyclic) bond motifs is 1. The quantitative estimate of drug-likeness (QED) is 0.883. The molecule has 2 aromatic rings. The van der Waals surface area contributed by atoms with Crippen molar-refractivity contribution in [2.45, 2.75) is 26.4 Å². The van der Waals surface area contributed by atoms with Crippen LogP contribution < -0.4 is 14.8 Å². The maximum Gasteiger partial charge on any atom is 0.317 e. The molecule has 4 rings (SSSR count). The molecule has 1 saturated heterocycles. The van der Waals surface area contributed by atoms with Crippen LogP contribution in [0.1, 0.15) is 29.7 Å². The summed E-state index contributed by atoms with van der Waals surface area (Å²) >= 11 is 0. The Bertz CT molecular complexity index is 847. The van der Waals surface area contributed by atoms with Crippen LogP contribution in [0.15, 0.2) is 42.5 Å². The number of carbonyl (C=O) groups excluding carboxylic acids is 1. The van der Waals surface area contributed by atoms with Gasteiger partial charge in [-0.2, -0.15) is 0 Å². The van der Waals surface area contributed by atoms with Crippen LogP contribution in [-0.2, 0) is 6.54 Å². The number of benzene rings is 2. The van der Waals surface area contributed by atoms with E-state index >= 15 is 0 Å². The van der Waals surface area contributed by atoms with Crippen molar-refractivity contribution < 1.29 is 14.3 Å². The summed E-state index contributed by atoms with van der Waals surface area (Å²) in [6.45, 7) is 8.56. The zero-order valence-electron chi connectivity index (χ0n) is 16.5. The van der Waals surface area contributed by atoms with E-state index in [1.54, 1.807) is 0 Å². The highest BCUT2D eigenvalue weighted by atomic mass is 16.7. The molecule has 1 fully saturated rings. The van der Waals surface area contributed by atoms with Gasteiger partial charge in [0.15, 0.2) is 11.5 Å². The Morgan fingerprint density at radius 1 is 1.07 bits per heavy atom. The van der Waals surface area contributed by atoms with Crippen molar-refractivity contribution in [2.24, 2.45) is 0 Å². The molecule has 2 amide bonds. The Morgan fingerprint density at radius 2 is 1.86 bits per heavy atom. The third-order valence-corrected chi connectivity index (χ3v) is 5.38. The first kappa shape index (κ1) is 18.6. The molecule has 6 nitrogen and oxygen atoms in total. The number of hydrogen-bond donors (Lipinski definition) is 1. The summed E-state index contributed by atoms with van der Waals surface area (Å²) in [6.07, 6.45) is 0. The van der Waals surface area contributed by atoms with Gasteiger partial charge in [-0.3, -0.25) is 4.90 Å². The zero-order chi connectivity index (χ0) is 19.5. The number of aryl methyl sites for hydroxylation is 1. The number of piperazine rings is 1. The van der Waals surface area contributed by atoms with Gasteiger partial charge >= 0.3 is 6.03 Å². The number of nitrogens with one attached hydrogen (secondary N) is 1. The smallest absolute Gasteiger partial charge is 0.317 e. The fourth-order valence-electron chi connectivity index (χ4n) is 3.72. The number of rotatable bonds is 4. The van der Waals surface area contributed by atoms with Gasteiger partial charge in [-0.1, -0.05) is 35.9 Å². The molecule has 2 aromatic carbocycles. The van der Waals surface area contributed by atoms with E-state index in [-0.39, 0.29) is 18.9 Å². The van der Waals surface area contributed by atoms with E-state index in [1.807, 2.05) is 30.0 Å². The summed E-state index contributed by atoms with van der Waals surface area (Å²) in [5.74, 6) is 1.50. The monoisotopic (exact) mass is 381 g/mol. The SMILES string of the molecule is Cc1cccc(CN2CCN(C(=O)NC(C)c3ccc4c(c3)OCO4)CC2)c1. The molecule has 148 valence electrons. The molecule has 28 heavy (non-hydrogen) atoms. The minimum absolute atomic E-state index is 0.0135. The highest BCUT2D eigenvalue weighted by Gasteiger charge is 2.23. The number of amides is 2. The van der Waals surface area contributed by atoms with Gasteiger partial charge in [0.25, 0.3) is 0 Å². The molecule has 0 saturated carbocycles. The predicted molar refractivity (Wildman–Crippen MR) is 108 cm³/mol. The average molecular weight is 381 g/mol. The fourth-order valence-corrected chi connectivity index (χ4v) is 3.72. The van der Waals surface area contributed by atoms with E-state index in [4.69, 9.17) is 9.47 Å². The molecule has 0 aromatic heterocycles. The summed E-state index contributed by atoms with van der Waals surface area (Å²) in [5.41, 5.74) is 3.62. The van der Waals surface area contributed by atoms with Gasteiger partial charge in [-0.15, -0.1) is 0 Å². The summed E-state index contributed by atoms with van der Waals surface area (Å²) < 4.78 is 10.8. The first-order chi connectivity index (χ1) is 13.6. The van der Waals surface area contributed by atoms with Crippen LogP contribution in [0, 0.1) is 6.92 Å². The standard InChI is InChI=1S/C22H27N3O3/c1-16-4-3-5-18(12-16)14-24-8-10-25(11-9-24)22(26)23-17(2)19-6-7-20-21(13-19)28-15-27-20/h3-7,12-13,17H,8-11,14-15H2,1-2H3,(H,23,26). The lowest BCUT2D eigenvalue weighted by atomic mass is 10.1. The van der Waals surface area contributed by atoms with Crippen molar-refractivity contribution in [2.75, 3.05) is 33.0 Å². The van der Waals surface area contributed by atoms with Gasteiger partial charge in [0.05, 0.1) is 6.04 Å². The summed E-state index contributed by atoms with van der Waals surface area (Å²) in [6, 6.07) is 14.3. The topological polar surface area (TPSA) is 54.0 Å². The van der Waals surface area contributed by atoms with Crippen molar-refractivity contribution >= 4 is 6.03 Å². The van der Waals surface area contributed by atoms with Gasteiger partial charge in [-0.25, -0.2) is 4.79 Å². The van der Waals surface area contributed by atoms with Crippen LogP contribution in [0.5, 0.6) is 11.5 Å². The van der Waals surface area contributed by atoms with E-state index in [1.165, 1.54) is 11.1 Å². The van der Waals surface area contributed by atoms with Gasteiger partial charge in [0.1, 0.15) is 0 Å². The number of carbonyl (C=O) groups is 1. The minimum atomic E-state index is -0.0904. The third-order valence-electron chi connectivity index (χ3n) is 5.38. The molecule has 0 radical (unpaired) electrons. The van der Waals surface area contributed by atoms with Crippen LogP contribution in [0.4, 0.5) is 4.79 Å². The Morgan fingerprint density at radius 3 is 2.64 bits per heavy atom. The Labute approximate surface area is 166 Å². The lowest BCUT2D eigenvalue weighted by Crippen LogP contribution is -2.51. The van der Waals surface area contributed by atoms with Gasteiger partial charge in [0, 0.05) is 32.7 Å².